The molecule has 4 nitrogen and oxygen atoms in total. The van der Waals surface area contributed by atoms with Crippen molar-refractivity contribution in [2.75, 3.05) is 13.2 Å². The highest BCUT2D eigenvalue weighted by atomic mass is 16.5. The highest BCUT2D eigenvalue weighted by Gasteiger charge is 2.10. The van der Waals surface area contributed by atoms with Crippen LogP contribution in [-0.4, -0.2) is 25.2 Å². The van der Waals surface area contributed by atoms with E-state index in [1.165, 1.54) is 103 Å². The Hall–Kier alpha value is -1.06. The molecule has 0 amide bonds. The fourth-order valence-corrected chi connectivity index (χ4v) is 4.80. The molecule has 0 aliphatic carbocycles. The van der Waals surface area contributed by atoms with Crippen LogP contribution in [0, 0.1) is 5.92 Å². The van der Waals surface area contributed by atoms with E-state index in [1.54, 1.807) is 0 Å². The Labute approximate surface area is 231 Å². The quantitative estimate of drug-likeness (QED) is 0.0721. The van der Waals surface area contributed by atoms with Crippen LogP contribution in [-0.2, 0) is 19.1 Å². The lowest BCUT2D eigenvalue weighted by Gasteiger charge is -2.14. The van der Waals surface area contributed by atoms with Gasteiger partial charge in [-0.15, -0.1) is 0 Å². The van der Waals surface area contributed by atoms with Crippen molar-refractivity contribution in [2.45, 2.75) is 181 Å². The molecule has 0 spiro atoms. The van der Waals surface area contributed by atoms with Crippen LogP contribution >= 0.6 is 0 Å². The third-order valence-corrected chi connectivity index (χ3v) is 7.55. The number of carbonyl (C=O) groups excluding carboxylic acids is 2. The maximum Gasteiger partial charge on any atom is 0.305 e. The molecular weight excluding hydrogens is 460 g/mol. The number of unbranched alkanes of at least 4 members (excludes halogenated alkanes) is 18. The summed E-state index contributed by atoms with van der Waals surface area (Å²) in [5.74, 6) is 0.305. The van der Waals surface area contributed by atoms with E-state index in [9.17, 15) is 9.59 Å². The molecule has 0 fully saturated rings. The van der Waals surface area contributed by atoms with Gasteiger partial charge in [-0.25, -0.2) is 0 Å². The molecule has 0 aromatic rings. The second-order valence-corrected chi connectivity index (χ2v) is 11.2. The first kappa shape index (κ1) is 35.9. The van der Waals surface area contributed by atoms with Crippen LogP contribution in [0.2, 0.25) is 0 Å². The van der Waals surface area contributed by atoms with Crippen molar-refractivity contribution in [1.82, 2.24) is 0 Å². The zero-order valence-corrected chi connectivity index (χ0v) is 25.3. The lowest BCUT2D eigenvalue weighted by molar-refractivity contribution is -0.145. The van der Waals surface area contributed by atoms with Gasteiger partial charge in [0.25, 0.3) is 0 Å². The van der Waals surface area contributed by atoms with Crippen molar-refractivity contribution in [3.63, 3.8) is 0 Å². The van der Waals surface area contributed by atoms with E-state index in [-0.39, 0.29) is 11.9 Å². The first-order chi connectivity index (χ1) is 18.1. The number of hydrogen-bond acceptors (Lipinski definition) is 4. The molecule has 0 aromatic carbocycles. The fourth-order valence-electron chi connectivity index (χ4n) is 4.80. The third-order valence-electron chi connectivity index (χ3n) is 7.55. The van der Waals surface area contributed by atoms with E-state index in [0.29, 0.717) is 32.0 Å². The van der Waals surface area contributed by atoms with E-state index in [4.69, 9.17) is 9.47 Å². The Morgan fingerprint density at radius 1 is 0.486 bits per heavy atom. The summed E-state index contributed by atoms with van der Waals surface area (Å²) in [6.07, 6.45) is 29.5. The maximum absolute atomic E-state index is 11.9. The van der Waals surface area contributed by atoms with Crippen molar-refractivity contribution >= 4 is 11.9 Å². The Kier molecular flexibility index (Phi) is 28.7. The van der Waals surface area contributed by atoms with Gasteiger partial charge in [-0.2, -0.15) is 0 Å². The molecule has 0 aliphatic rings. The lowest BCUT2D eigenvalue weighted by Crippen LogP contribution is -2.13. The van der Waals surface area contributed by atoms with E-state index in [0.717, 1.165) is 44.9 Å². The summed E-state index contributed by atoms with van der Waals surface area (Å²) in [4.78, 5) is 23.8. The fraction of sp³-hybridized carbons (Fsp3) is 0.939. The largest absolute Gasteiger partial charge is 0.466 e. The first-order valence-electron chi connectivity index (χ1n) is 16.4. The summed E-state index contributed by atoms with van der Waals surface area (Å²) in [5.41, 5.74) is 0. The van der Waals surface area contributed by atoms with Gasteiger partial charge in [0.15, 0.2) is 0 Å². The van der Waals surface area contributed by atoms with E-state index < -0.39 is 0 Å². The summed E-state index contributed by atoms with van der Waals surface area (Å²) in [7, 11) is 0. The molecule has 0 bridgehead atoms. The van der Waals surface area contributed by atoms with Crippen LogP contribution in [0.1, 0.15) is 181 Å². The standard InChI is InChI=1S/C33H64O4/c1-4-7-9-10-11-12-13-14-15-16-17-18-19-20-21-25-29-36-32(34)27-23-22-24-28-33(35)37-30-31(6-3)26-8-5-2/h31H,4-30H2,1-3H3. The Balaban J connectivity index is 3.33. The lowest BCUT2D eigenvalue weighted by atomic mass is 10.0. The van der Waals surface area contributed by atoms with Gasteiger partial charge in [0, 0.05) is 12.8 Å². The average Bonchev–Trinajstić information content (AvgIpc) is 2.90. The highest BCUT2D eigenvalue weighted by Crippen LogP contribution is 2.15. The Bertz CT molecular complexity index is 491. The topological polar surface area (TPSA) is 52.6 Å². The second-order valence-electron chi connectivity index (χ2n) is 11.2. The molecule has 0 radical (unpaired) electrons. The summed E-state index contributed by atoms with van der Waals surface area (Å²) in [6, 6.07) is 0. The molecule has 1 atom stereocenters. The number of carbonyl (C=O) groups is 2. The zero-order chi connectivity index (χ0) is 27.2. The molecule has 4 heteroatoms. The monoisotopic (exact) mass is 524 g/mol. The molecule has 0 aliphatic heterocycles. The number of esters is 2. The molecule has 1 unspecified atom stereocenters. The van der Waals surface area contributed by atoms with Crippen LogP contribution < -0.4 is 0 Å². The molecule has 37 heavy (non-hydrogen) atoms. The van der Waals surface area contributed by atoms with Crippen molar-refractivity contribution in [3.8, 4) is 0 Å². The van der Waals surface area contributed by atoms with Gasteiger partial charge in [0.05, 0.1) is 13.2 Å². The predicted octanol–water partition coefficient (Wildman–Crippen LogP) is 10.5. The van der Waals surface area contributed by atoms with E-state index >= 15 is 0 Å². The predicted molar refractivity (Wildman–Crippen MR) is 158 cm³/mol. The van der Waals surface area contributed by atoms with Crippen molar-refractivity contribution < 1.29 is 19.1 Å². The molecule has 0 aromatic heterocycles. The van der Waals surface area contributed by atoms with Crippen LogP contribution in [0.3, 0.4) is 0 Å². The van der Waals surface area contributed by atoms with Crippen molar-refractivity contribution in [3.05, 3.63) is 0 Å². The average molecular weight is 525 g/mol. The molecular formula is C33H64O4. The molecule has 0 saturated heterocycles. The summed E-state index contributed by atoms with van der Waals surface area (Å²) in [5, 5.41) is 0. The smallest absolute Gasteiger partial charge is 0.305 e. The van der Waals surface area contributed by atoms with Crippen molar-refractivity contribution in [1.29, 1.82) is 0 Å². The molecule has 0 rings (SSSR count). The van der Waals surface area contributed by atoms with Crippen molar-refractivity contribution in [2.24, 2.45) is 5.92 Å². The van der Waals surface area contributed by atoms with Crippen LogP contribution in [0.5, 0.6) is 0 Å². The summed E-state index contributed by atoms with van der Waals surface area (Å²) >= 11 is 0. The molecule has 0 saturated carbocycles. The molecule has 220 valence electrons. The number of ether oxygens (including phenoxy) is 2. The zero-order valence-electron chi connectivity index (χ0n) is 25.3. The summed E-state index contributed by atoms with van der Waals surface area (Å²) < 4.78 is 10.8. The van der Waals surface area contributed by atoms with Gasteiger partial charge < -0.3 is 9.47 Å². The van der Waals surface area contributed by atoms with E-state index in [1.807, 2.05) is 0 Å². The van der Waals surface area contributed by atoms with Gasteiger partial charge in [-0.05, 0) is 31.6 Å². The normalized spacial score (nSPS) is 12.0. The SMILES string of the molecule is CCCCCCCCCCCCCCCCCCOC(=O)CCCCCC(=O)OCC(CC)CCCC. The highest BCUT2D eigenvalue weighted by molar-refractivity contribution is 5.69. The van der Waals surface area contributed by atoms with E-state index in [2.05, 4.69) is 20.8 Å². The molecule has 0 N–H and O–H groups in total. The van der Waals surface area contributed by atoms with Gasteiger partial charge in [0.2, 0.25) is 0 Å². The van der Waals surface area contributed by atoms with Gasteiger partial charge in [-0.1, -0.05) is 143 Å². The Morgan fingerprint density at radius 2 is 0.892 bits per heavy atom. The molecule has 0 heterocycles. The first-order valence-corrected chi connectivity index (χ1v) is 16.4. The third kappa shape index (κ3) is 27.8. The second kappa shape index (κ2) is 29.5. The van der Waals surface area contributed by atoms with Crippen LogP contribution in [0.4, 0.5) is 0 Å². The number of rotatable bonds is 29. The minimum atomic E-state index is -0.0963. The van der Waals surface area contributed by atoms with Gasteiger partial charge in [0.1, 0.15) is 0 Å². The van der Waals surface area contributed by atoms with Gasteiger partial charge in [-0.3, -0.25) is 9.59 Å². The maximum atomic E-state index is 11.9. The minimum absolute atomic E-state index is 0.0924. The van der Waals surface area contributed by atoms with Crippen LogP contribution in [0.25, 0.3) is 0 Å². The Morgan fingerprint density at radius 3 is 1.35 bits per heavy atom. The minimum Gasteiger partial charge on any atom is -0.466 e. The van der Waals surface area contributed by atoms with Gasteiger partial charge >= 0.3 is 11.9 Å². The number of hydrogen-bond donors (Lipinski definition) is 0. The van der Waals surface area contributed by atoms with Crippen LogP contribution in [0.15, 0.2) is 0 Å². The summed E-state index contributed by atoms with van der Waals surface area (Å²) in [6.45, 7) is 7.74.